The van der Waals surface area contributed by atoms with E-state index < -0.39 is 0 Å². The van der Waals surface area contributed by atoms with Gasteiger partial charge in [-0.3, -0.25) is 4.98 Å². The van der Waals surface area contributed by atoms with E-state index in [1.807, 2.05) is 18.6 Å². The minimum atomic E-state index is 0.422. The van der Waals surface area contributed by atoms with Crippen LogP contribution in [-0.2, 0) is 0 Å². The molecule has 3 nitrogen and oxygen atoms in total. The van der Waals surface area contributed by atoms with Crippen LogP contribution in [0.25, 0.3) is 0 Å². The Labute approximate surface area is 148 Å². The molecule has 132 valence electrons. The van der Waals surface area contributed by atoms with Crippen LogP contribution in [0.2, 0.25) is 0 Å². The zero-order valence-electron chi connectivity index (χ0n) is 16.5. The van der Waals surface area contributed by atoms with Gasteiger partial charge in [-0.15, -0.1) is 0 Å². The fourth-order valence-corrected chi connectivity index (χ4v) is 2.04. The maximum atomic E-state index is 4.40. The van der Waals surface area contributed by atoms with Gasteiger partial charge >= 0.3 is 0 Å². The van der Waals surface area contributed by atoms with E-state index >= 15 is 0 Å². The smallest absolute Gasteiger partial charge is 0.130 e. The number of hydrogen-bond acceptors (Lipinski definition) is 3. The Kier molecular flexibility index (Phi) is 8.03. The summed E-state index contributed by atoms with van der Waals surface area (Å²) in [6.45, 7) is 17.2. The highest BCUT2D eigenvalue weighted by atomic mass is 14.9. The van der Waals surface area contributed by atoms with E-state index in [1.54, 1.807) is 0 Å². The van der Waals surface area contributed by atoms with Crippen molar-refractivity contribution in [1.82, 2.24) is 15.0 Å². The van der Waals surface area contributed by atoms with Crippen molar-refractivity contribution in [3.8, 4) is 0 Å². The van der Waals surface area contributed by atoms with E-state index in [1.165, 1.54) is 16.8 Å². The fourth-order valence-electron chi connectivity index (χ4n) is 2.04. The van der Waals surface area contributed by atoms with Crippen molar-refractivity contribution in [2.45, 2.75) is 79.1 Å². The quantitative estimate of drug-likeness (QED) is 0.686. The minimum Gasteiger partial charge on any atom is -0.261 e. The van der Waals surface area contributed by atoms with Crippen LogP contribution in [0.1, 0.15) is 102 Å². The largest absolute Gasteiger partial charge is 0.261 e. The van der Waals surface area contributed by atoms with Crippen LogP contribution in [0.15, 0.2) is 30.7 Å². The molecule has 3 heteroatoms. The average molecular weight is 328 g/mol. The summed E-state index contributed by atoms with van der Waals surface area (Å²) in [5, 5.41) is 0. The normalized spacial score (nSPS) is 11.2. The molecule has 0 fully saturated rings. The second-order valence-electron chi connectivity index (χ2n) is 7.51. The number of pyridine rings is 1. The zero-order chi connectivity index (χ0) is 18.3. The summed E-state index contributed by atoms with van der Waals surface area (Å²) >= 11 is 0. The van der Waals surface area contributed by atoms with Gasteiger partial charge in [-0.2, -0.15) is 0 Å². The lowest BCUT2D eigenvalue weighted by Crippen LogP contribution is -1.99. The Hall–Kier alpha value is -1.77. The summed E-state index contributed by atoms with van der Waals surface area (Å²) in [5.74, 6) is 2.99. The highest BCUT2D eigenvalue weighted by Gasteiger charge is 2.04. The van der Waals surface area contributed by atoms with Gasteiger partial charge in [0.15, 0.2) is 0 Å². The van der Waals surface area contributed by atoms with Crippen LogP contribution in [0.5, 0.6) is 0 Å². The van der Waals surface area contributed by atoms with Gasteiger partial charge in [0.25, 0.3) is 0 Å². The molecule has 2 rings (SSSR count). The van der Waals surface area contributed by atoms with E-state index in [9.17, 15) is 0 Å². The van der Waals surface area contributed by atoms with Crippen molar-refractivity contribution >= 4 is 0 Å². The highest BCUT2D eigenvalue weighted by Crippen LogP contribution is 2.16. The first-order valence-corrected chi connectivity index (χ1v) is 9.00. The first-order valence-electron chi connectivity index (χ1n) is 9.00. The van der Waals surface area contributed by atoms with Gasteiger partial charge in [-0.1, -0.05) is 61.5 Å². The van der Waals surface area contributed by atoms with Gasteiger partial charge in [0.05, 0.1) is 0 Å². The van der Waals surface area contributed by atoms with Crippen molar-refractivity contribution in [1.29, 1.82) is 0 Å². The molecule has 0 amide bonds. The summed E-state index contributed by atoms with van der Waals surface area (Å²) in [6, 6.07) is 4.30. The molecule has 2 aromatic heterocycles. The van der Waals surface area contributed by atoms with Crippen LogP contribution in [0.3, 0.4) is 0 Å². The van der Waals surface area contributed by atoms with Gasteiger partial charge in [0.2, 0.25) is 0 Å². The monoisotopic (exact) mass is 327 g/mol. The maximum absolute atomic E-state index is 4.40. The van der Waals surface area contributed by atoms with Gasteiger partial charge < -0.3 is 0 Å². The molecule has 24 heavy (non-hydrogen) atoms. The van der Waals surface area contributed by atoms with Gasteiger partial charge in [0.1, 0.15) is 5.82 Å². The van der Waals surface area contributed by atoms with Gasteiger partial charge in [-0.05, 0) is 34.9 Å². The lowest BCUT2D eigenvalue weighted by molar-refractivity contribution is 0.754. The minimum absolute atomic E-state index is 0.422. The standard InChI is InChI=1S/C11H17N.C10H16N2/c1-8(2)10-5-6-11(9(3)4)12-7-10;1-7(2)9-5-11-10(8(3)4)12-6-9/h5-9H,1-4H3;5-8H,1-4H3. The molecule has 0 saturated carbocycles. The van der Waals surface area contributed by atoms with E-state index in [4.69, 9.17) is 0 Å². The maximum Gasteiger partial charge on any atom is 0.130 e. The first kappa shape index (κ1) is 20.3. The molecule has 0 unspecified atom stereocenters. The molecule has 0 spiro atoms. The summed E-state index contributed by atoms with van der Waals surface area (Å²) in [6.07, 6.45) is 5.83. The Morgan fingerprint density at radius 1 is 0.542 bits per heavy atom. The van der Waals surface area contributed by atoms with Crippen molar-refractivity contribution < 1.29 is 0 Å². The molecule has 0 saturated heterocycles. The summed E-state index contributed by atoms with van der Waals surface area (Å²) in [5.41, 5.74) is 3.71. The van der Waals surface area contributed by atoms with Crippen LogP contribution < -0.4 is 0 Å². The number of nitrogens with zero attached hydrogens (tertiary/aromatic N) is 3. The second kappa shape index (κ2) is 9.51. The molecule has 2 heterocycles. The van der Waals surface area contributed by atoms with Crippen LogP contribution in [0, 0.1) is 0 Å². The molecule has 0 atom stereocenters. The van der Waals surface area contributed by atoms with Crippen LogP contribution >= 0.6 is 0 Å². The first-order chi connectivity index (χ1) is 11.2. The topological polar surface area (TPSA) is 38.7 Å². The highest BCUT2D eigenvalue weighted by molar-refractivity contribution is 5.18. The third kappa shape index (κ3) is 6.38. The predicted molar refractivity (Wildman–Crippen MR) is 103 cm³/mol. The summed E-state index contributed by atoms with van der Waals surface area (Å²) < 4.78 is 0. The summed E-state index contributed by atoms with van der Waals surface area (Å²) in [7, 11) is 0. The van der Waals surface area contributed by atoms with Crippen molar-refractivity contribution in [3.63, 3.8) is 0 Å². The number of aromatic nitrogens is 3. The number of rotatable bonds is 4. The van der Waals surface area contributed by atoms with E-state index in [-0.39, 0.29) is 0 Å². The molecule has 0 aromatic carbocycles. The van der Waals surface area contributed by atoms with E-state index in [2.05, 4.69) is 82.5 Å². The van der Waals surface area contributed by atoms with Crippen molar-refractivity contribution in [2.24, 2.45) is 0 Å². The molecular formula is C21H33N3. The van der Waals surface area contributed by atoms with Crippen LogP contribution in [-0.4, -0.2) is 15.0 Å². The molecule has 0 bridgehead atoms. The molecule has 0 aliphatic carbocycles. The Balaban J connectivity index is 0.000000240. The Morgan fingerprint density at radius 3 is 1.38 bits per heavy atom. The fraction of sp³-hybridized carbons (Fsp3) is 0.571. The Bertz CT molecular complexity index is 472. The van der Waals surface area contributed by atoms with Gasteiger partial charge in [-0.25, -0.2) is 9.97 Å². The second-order valence-corrected chi connectivity index (χ2v) is 7.51. The average Bonchev–Trinajstić information content (AvgIpc) is 2.55. The SMILES string of the molecule is CC(C)c1ccc(C(C)C)nc1.CC(C)c1cnc(C(C)C)nc1. The van der Waals surface area contributed by atoms with Crippen molar-refractivity contribution in [2.75, 3.05) is 0 Å². The molecule has 0 radical (unpaired) electrons. The number of hydrogen-bond donors (Lipinski definition) is 0. The van der Waals surface area contributed by atoms with Crippen LogP contribution in [0.4, 0.5) is 0 Å². The molecule has 0 aliphatic rings. The molecule has 0 N–H and O–H groups in total. The zero-order valence-corrected chi connectivity index (χ0v) is 16.5. The van der Waals surface area contributed by atoms with Gasteiger partial charge in [0, 0.05) is 30.2 Å². The molecule has 2 aromatic rings. The lowest BCUT2D eigenvalue weighted by atomic mass is 10.0. The lowest BCUT2D eigenvalue weighted by Gasteiger charge is -2.07. The third-order valence-corrected chi connectivity index (χ3v) is 3.94. The third-order valence-electron chi connectivity index (χ3n) is 3.94. The molecule has 0 aliphatic heterocycles. The van der Waals surface area contributed by atoms with E-state index in [0.717, 1.165) is 5.82 Å². The van der Waals surface area contributed by atoms with E-state index in [0.29, 0.717) is 23.7 Å². The summed E-state index contributed by atoms with van der Waals surface area (Å²) in [4.78, 5) is 13.0. The van der Waals surface area contributed by atoms with Crippen molar-refractivity contribution in [3.05, 3.63) is 53.4 Å². The predicted octanol–water partition coefficient (Wildman–Crippen LogP) is 6.05. The molecular weight excluding hydrogens is 294 g/mol. The Morgan fingerprint density at radius 2 is 1.04 bits per heavy atom.